The van der Waals surface area contributed by atoms with Crippen LogP contribution in [0.3, 0.4) is 0 Å². The van der Waals surface area contributed by atoms with E-state index >= 15 is 0 Å². The summed E-state index contributed by atoms with van der Waals surface area (Å²) in [5, 5.41) is 3.03. The molecule has 0 aliphatic heterocycles. The zero-order chi connectivity index (χ0) is 33.9. The minimum atomic E-state index is -1.63. The van der Waals surface area contributed by atoms with E-state index in [1.54, 1.807) is 0 Å². The highest BCUT2D eigenvalue weighted by Gasteiger charge is 2.47. The van der Waals surface area contributed by atoms with Crippen molar-refractivity contribution in [3.05, 3.63) is 127 Å². The van der Waals surface area contributed by atoms with Crippen molar-refractivity contribution in [1.29, 1.82) is 0 Å². The van der Waals surface area contributed by atoms with Crippen LogP contribution < -0.4 is 15.5 Å². The third-order valence-electron chi connectivity index (χ3n) is 11.0. The van der Waals surface area contributed by atoms with Crippen LogP contribution in [-0.4, -0.2) is 36.0 Å². The lowest BCUT2D eigenvalue weighted by molar-refractivity contribution is 0.997. The Morgan fingerprint density at radius 3 is 1.02 bits per heavy atom. The van der Waals surface area contributed by atoms with Crippen molar-refractivity contribution in [1.82, 2.24) is 0 Å². The zero-order valence-corrected chi connectivity index (χ0v) is 32.1. The van der Waals surface area contributed by atoms with Gasteiger partial charge in [-0.3, -0.25) is 0 Å². The number of rotatable bonds is 11. The van der Waals surface area contributed by atoms with Crippen molar-refractivity contribution in [3.63, 3.8) is 0 Å². The van der Waals surface area contributed by atoms with E-state index in [9.17, 15) is 0 Å². The topological polar surface area (TPSA) is 3.24 Å². The second-order valence-electron chi connectivity index (χ2n) is 14.5. The molecule has 5 aromatic carbocycles. The van der Waals surface area contributed by atoms with Crippen LogP contribution in [0, 0.1) is 0 Å². The van der Waals surface area contributed by atoms with Gasteiger partial charge in [0, 0.05) is 5.69 Å². The van der Waals surface area contributed by atoms with Gasteiger partial charge in [-0.15, -0.1) is 0 Å². The molecule has 0 unspecified atom stereocenters. The Kier molecular flexibility index (Phi) is 10.8. The summed E-state index contributed by atoms with van der Waals surface area (Å²) in [7, 11) is -3.26. The minimum Gasteiger partial charge on any atom is -0.303 e. The molecule has 0 aliphatic rings. The van der Waals surface area contributed by atoms with Crippen molar-refractivity contribution in [3.8, 4) is 22.3 Å². The van der Waals surface area contributed by atoms with Gasteiger partial charge >= 0.3 is 0 Å². The average molecular weight is 660 g/mol. The molecular formula is C44H55NP2+2. The normalized spacial score (nSPS) is 12.4. The Hall–Kier alpha value is -3.24. The van der Waals surface area contributed by atoms with Gasteiger partial charge in [0.05, 0.1) is 61.9 Å². The van der Waals surface area contributed by atoms with E-state index in [1.807, 2.05) is 0 Å². The number of para-hydroxylation sites is 1. The molecule has 244 valence electrons. The van der Waals surface area contributed by atoms with Crippen LogP contribution in [-0.2, 0) is 0 Å². The van der Waals surface area contributed by atoms with Gasteiger partial charge < -0.3 is 4.90 Å². The highest BCUT2D eigenvalue weighted by Crippen LogP contribution is 2.66. The standard InChI is InChI=1S/C44H55NP2/c1-32(2)46(9,33(3)4)43-30-38(36-20-14-11-15-21-36)26-28-41(43)45(40-24-18-13-19-25-40)42-29-27-39(37-22-16-12-17-23-37)31-44(42)47(10,34(5)6)35(7)8/h11-35H,1-10H3/q+2. The number of benzene rings is 5. The van der Waals surface area contributed by atoms with Crippen LogP contribution in [0.1, 0.15) is 55.4 Å². The first-order chi connectivity index (χ1) is 22.4. The Labute approximate surface area is 287 Å². The molecule has 0 amide bonds. The molecule has 0 bridgehead atoms. The van der Waals surface area contributed by atoms with Crippen LogP contribution in [0.15, 0.2) is 127 Å². The average Bonchev–Trinajstić information content (AvgIpc) is 3.08. The molecule has 47 heavy (non-hydrogen) atoms. The van der Waals surface area contributed by atoms with Gasteiger partial charge in [-0.25, -0.2) is 0 Å². The molecule has 0 saturated carbocycles. The summed E-state index contributed by atoms with van der Waals surface area (Å²) in [4.78, 5) is 2.63. The maximum atomic E-state index is 2.63. The van der Waals surface area contributed by atoms with E-state index < -0.39 is 14.5 Å². The van der Waals surface area contributed by atoms with Gasteiger partial charge in [0.15, 0.2) is 0 Å². The van der Waals surface area contributed by atoms with Crippen molar-refractivity contribution in [2.45, 2.75) is 78.0 Å². The number of hydrogen-bond acceptors (Lipinski definition) is 1. The monoisotopic (exact) mass is 659 g/mol. The molecule has 0 aromatic heterocycles. The molecule has 0 spiro atoms. The van der Waals surface area contributed by atoms with E-state index in [0.29, 0.717) is 22.6 Å². The second-order valence-corrected chi connectivity index (χ2v) is 24.2. The fourth-order valence-corrected chi connectivity index (χ4v) is 13.9. The maximum Gasteiger partial charge on any atom is 0.119 e. The Balaban J connectivity index is 1.90. The second kappa shape index (κ2) is 14.5. The molecule has 0 atom stereocenters. The van der Waals surface area contributed by atoms with Gasteiger partial charge in [-0.2, -0.15) is 0 Å². The summed E-state index contributed by atoms with van der Waals surface area (Å²) in [5.74, 6) is 0. The first-order valence-electron chi connectivity index (χ1n) is 17.4. The summed E-state index contributed by atoms with van der Waals surface area (Å²) in [6.07, 6.45) is 0. The first-order valence-corrected chi connectivity index (χ1v) is 22.1. The molecule has 1 nitrogen and oxygen atoms in total. The lowest BCUT2D eigenvalue weighted by atomic mass is 10.0. The highest BCUT2D eigenvalue weighted by molar-refractivity contribution is 7.84. The van der Waals surface area contributed by atoms with Crippen molar-refractivity contribution >= 4 is 42.2 Å². The Bertz CT molecular complexity index is 1630. The third kappa shape index (κ3) is 6.73. The maximum absolute atomic E-state index is 2.63. The molecular weight excluding hydrogens is 604 g/mol. The van der Waals surface area contributed by atoms with Crippen molar-refractivity contribution in [2.24, 2.45) is 0 Å². The van der Waals surface area contributed by atoms with Gasteiger partial charge in [-0.1, -0.05) is 91.0 Å². The summed E-state index contributed by atoms with van der Waals surface area (Å²) in [5.41, 5.74) is 11.2. The summed E-state index contributed by atoms with van der Waals surface area (Å²) >= 11 is 0. The third-order valence-corrected chi connectivity index (χ3v) is 22.4. The number of nitrogens with zero attached hydrogens (tertiary/aromatic N) is 1. The number of hydrogen-bond donors (Lipinski definition) is 0. The molecule has 0 radical (unpaired) electrons. The molecule has 0 fully saturated rings. The van der Waals surface area contributed by atoms with Crippen LogP contribution in [0.5, 0.6) is 0 Å². The van der Waals surface area contributed by atoms with E-state index in [2.05, 4.69) is 201 Å². The zero-order valence-electron chi connectivity index (χ0n) is 30.3. The van der Waals surface area contributed by atoms with Crippen molar-refractivity contribution in [2.75, 3.05) is 18.2 Å². The summed E-state index contributed by atoms with van der Waals surface area (Å²) in [6, 6.07) is 47.6. The highest BCUT2D eigenvalue weighted by atomic mass is 31.2. The van der Waals surface area contributed by atoms with E-state index in [-0.39, 0.29) is 0 Å². The summed E-state index contributed by atoms with van der Waals surface area (Å²) < 4.78 is 0. The summed E-state index contributed by atoms with van der Waals surface area (Å²) in [6.45, 7) is 24.7. The number of anilines is 3. The molecule has 5 aromatic rings. The smallest absolute Gasteiger partial charge is 0.119 e. The lowest BCUT2D eigenvalue weighted by Crippen LogP contribution is -2.33. The van der Waals surface area contributed by atoms with Crippen molar-refractivity contribution < 1.29 is 0 Å². The van der Waals surface area contributed by atoms with Crippen LogP contribution >= 0.6 is 14.5 Å². The molecule has 0 aliphatic carbocycles. The van der Waals surface area contributed by atoms with E-state index in [4.69, 9.17) is 0 Å². The largest absolute Gasteiger partial charge is 0.303 e. The van der Waals surface area contributed by atoms with E-state index in [0.717, 1.165) is 0 Å². The fraction of sp³-hybridized carbons (Fsp3) is 0.318. The molecule has 0 N–H and O–H groups in total. The molecule has 5 rings (SSSR count). The SMILES string of the molecule is CC(C)[P+](C)(c1cc(-c2ccccc2)ccc1N(c1ccccc1)c1ccc(-c2ccccc2)cc1[P+](C)(C(C)C)C(C)C)C(C)C. The van der Waals surface area contributed by atoms with Gasteiger partial charge in [0.1, 0.15) is 10.6 Å². The predicted molar refractivity (Wildman–Crippen MR) is 217 cm³/mol. The Morgan fingerprint density at radius 2 is 0.702 bits per heavy atom. The quantitative estimate of drug-likeness (QED) is 0.128. The van der Waals surface area contributed by atoms with Crippen LogP contribution in [0.4, 0.5) is 17.1 Å². The van der Waals surface area contributed by atoms with Crippen LogP contribution in [0.2, 0.25) is 0 Å². The molecule has 0 heterocycles. The van der Waals surface area contributed by atoms with Gasteiger partial charge in [0.2, 0.25) is 0 Å². The Morgan fingerprint density at radius 1 is 0.383 bits per heavy atom. The van der Waals surface area contributed by atoms with Gasteiger partial charge in [-0.05, 0) is 114 Å². The minimum absolute atomic E-state index is 0.550. The molecule has 0 saturated heterocycles. The fourth-order valence-electron chi connectivity index (χ4n) is 7.11. The predicted octanol–water partition coefficient (Wildman–Crippen LogP) is 12.7. The molecule has 3 heteroatoms. The lowest BCUT2D eigenvalue weighted by Gasteiger charge is -2.38. The van der Waals surface area contributed by atoms with Crippen LogP contribution in [0.25, 0.3) is 22.3 Å². The van der Waals surface area contributed by atoms with Gasteiger partial charge in [0.25, 0.3) is 0 Å². The van der Waals surface area contributed by atoms with E-state index in [1.165, 1.54) is 49.9 Å². The first kappa shape index (κ1) is 35.1.